The van der Waals surface area contributed by atoms with E-state index in [1.54, 1.807) is 28.6 Å². The third kappa shape index (κ3) is 2.43. The molecule has 2 aliphatic rings. The zero-order valence-corrected chi connectivity index (χ0v) is 11.8. The summed E-state index contributed by atoms with van der Waals surface area (Å²) < 4.78 is 0. The molecular weight excluding hydrogens is 252 g/mol. The SMILES string of the molecule is CC(C)N(C)C(=O)N1C(C(=O)O)CSC1C1CC1. The van der Waals surface area contributed by atoms with Gasteiger partial charge in [0.05, 0.1) is 5.37 Å². The average Bonchev–Trinajstić information content (AvgIpc) is 3.05. The first kappa shape index (κ1) is 13.5. The lowest BCUT2D eigenvalue weighted by Gasteiger charge is -2.33. The Kier molecular flexibility index (Phi) is 3.75. The largest absolute Gasteiger partial charge is 0.480 e. The van der Waals surface area contributed by atoms with Gasteiger partial charge in [-0.1, -0.05) is 0 Å². The van der Waals surface area contributed by atoms with Crippen LogP contribution in [0.2, 0.25) is 0 Å². The van der Waals surface area contributed by atoms with Crippen LogP contribution in [-0.2, 0) is 4.79 Å². The van der Waals surface area contributed by atoms with Gasteiger partial charge in [0.2, 0.25) is 0 Å². The maximum Gasteiger partial charge on any atom is 0.327 e. The normalized spacial score (nSPS) is 27.7. The molecule has 1 aliphatic carbocycles. The molecule has 1 aliphatic heterocycles. The average molecular weight is 272 g/mol. The fourth-order valence-electron chi connectivity index (χ4n) is 2.11. The highest BCUT2D eigenvalue weighted by atomic mass is 32.2. The van der Waals surface area contributed by atoms with Gasteiger partial charge in [0.1, 0.15) is 6.04 Å². The number of hydrogen-bond donors (Lipinski definition) is 1. The van der Waals surface area contributed by atoms with E-state index < -0.39 is 12.0 Å². The molecule has 6 heteroatoms. The molecule has 1 N–H and O–H groups in total. The molecule has 2 atom stereocenters. The number of rotatable bonds is 3. The molecule has 0 aromatic rings. The van der Waals surface area contributed by atoms with E-state index in [0.29, 0.717) is 11.7 Å². The number of carbonyl (C=O) groups is 2. The van der Waals surface area contributed by atoms with Crippen molar-refractivity contribution in [1.29, 1.82) is 0 Å². The zero-order chi connectivity index (χ0) is 13.4. The molecule has 2 unspecified atom stereocenters. The van der Waals surface area contributed by atoms with E-state index in [0.717, 1.165) is 12.8 Å². The number of nitrogens with zero attached hydrogens (tertiary/aromatic N) is 2. The van der Waals surface area contributed by atoms with Gasteiger partial charge in [0.15, 0.2) is 0 Å². The molecule has 2 rings (SSSR count). The van der Waals surface area contributed by atoms with Crippen LogP contribution in [0.15, 0.2) is 0 Å². The van der Waals surface area contributed by atoms with Crippen LogP contribution in [-0.4, -0.2) is 57.2 Å². The highest BCUT2D eigenvalue weighted by Gasteiger charge is 2.48. The molecule has 2 fully saturated rings. The van der Waals surface area contributed by atoms with E-state index in [-0.39, 0.29) is 17.4 Å². The van der Waals surface area contributed by atoms with Crippen molar-refractivity contribution in [3.05, 3.63) is 0 Å². The van der Waals surface area contributed by atoms with Crippen LogP contribution >= 0.6 is 11.8 Å². The Bertz CT molecular complexity index is 357. The highest BCUT2D eigenvalue weighted by molar-refractivity contribution is 8.00. The van der Waals surface area contributed by atoms with E-state index in [2.05, 4.69) is 0 Å². The Balaban J connectivity index is 2.17. The lowest BCUT2D eigenvalue weighted by Crippen LogP contribution is -2.52. The van der Waals surface area contributed by atoms with Gasteiger partial charge in [-0.2, -0.15) is 0 Å². The molecular formula is C12H20N2O3S. The van der Waals surface area contributed by atoms with Crippen molar-refractivity contribution in [3.63, 3.8) is 0 Å². The Morgan fingerprint density at radius 2 is 2.00 bits per heavy atom. The van der Waals surface area contributed by atoms with Gasteiger partial charge in [-0.25, -0.2) is 9.59 Å². The number of aliphatic carboxylic acids is 1. The second kappa shape index (κ2) is 4.99. The number of hydrogen-bond acceptors (Lipinski definition) is 3. The van der Waals surface area contributed by atoms with Gasteiger partial charge >= 0.3 is 12.0 Å². The minimum absolute atomic E-state index is 0.0554. The first-order valence-corrected chi connectivity index (χ1v) is 7.38. The van der Waals surface area contributed by atoms with Crippen molar-refractivity contribution in [2.75, 3.05) is 12.8 Å². The van der Waals surface area contributed by atoms with Gasteiger partial charge in [0.25, 0.3) is 0 Å². The second-order valence-corrected chi connectivity index (χ2v) is 6.46. The summed E-state index contributed by atoms with van der Waals surface area (Å²) in [6, 6.07) is -0.744. The van der Waals surface area contributed by atoms with Crippen LogP contribution < -0.4 is 0 Å². The fraction of sp³-hybridized carbons (Fsp3) is 0.833. The first-order valence-electron chi connectivity index (χ1n) is 6.33. The molecule has 0 aromatic heterocycles. The number of thioether (sulfide) groups is 1. The van der Waals surface area contributed by atoms with Crippen LogP contribution in [0.4, 0.5) is 4.79 Å². The first-order chi connectivity index (χ1) is 8.43. The molecule has 0 aromatic carbocycles. The molecule has 0 spiro atoms. The third-order valence-corrected chi connectivity index (χ3v) is 5.10. The van der Waals surface area contributed by atoms with Gasteiger partial charge in [-0.05, 0) is 32.6 Å². The molecule has 2 amide bonds. The van der Waals surface area contributed by atoms with E-state index >= 15 is 0 Å². The zero-order valence-electron chi connectivity index (χ0n) is 11.0. The summed E-state index contributed by atoms with van der Waals surface area (Å²) >= 11 is 1.61. The monoisotopic (exact) mass is 272 g/mol. The van der Waals surface area contributed by atoms with Gasteiger partial charge in [-0.15, -0.1) is 11.8 Å². The second-order valence-electron chi connectivity index (χ2n) is 5.31. The highest BCUT2D eigenvalue weighted by Crippen LogP contribution is 2.45. The molecule has 1 saturated heterocycles. The third-order valence-electron chi connectivity index (χ3n) is 3.64. The Hall–Kier alpha value is -0.910. The summed E-state index contributed by atoms with van der Waals surface area (Å²) in [5.74, 6) is 0.105. The minimum atomic E-state index is -0.892. The van der Waals surface area contributed by atoms with Crippen molar-refractivity contribution < 1.29 is 14.7 Å². The Labute approximate surface area is 112 Å². The van der Waals surface area contributed by atoms with Crippen molar-refractivity contribution in [1.82, 2.24) is 9.80 Å². The van der Waals surface area contributed by atoms with E-state index in [9.17, 15) is 14.7 Å². The molecule has 5 nitrogen and oxygen atoms in total. The van der Waals surface area contributed by atoms with Crippen LogP contribution in [0.25, 0.3) is 0 Å². The molecule has 1 saturated carbocycles. The van der Waals surface area contributed by atoms with Gasteiger partial charge in [-0.3, -0.25) is 4.90 Å². The quantitative estimate of drug-likeness (QED) is 0.849. The van der Waals surface area contributed by atoms with Crippen molar-refractivity contribution in [2.24, 2.45) is 5.92 Å². The minimum Gasteiger partial charge on any atom is -0.480 e. The van der Waals surface area contributed by atoms with Crippen molar-refractivity contribution in [2.45, 2.75) is 44.1 Å². The van der Waals surface area contributed by atoms with E-state index in [4.69, 9.17) is 0 Å². The molecule has 0 bridgehead atoms. The summed E-state index contributed by atoms with van der Waals surface area (Å²) in [7, 11) is 1.73. The lowest BCUT2D eigenvalue weighted by atomic mass is 10.2. The van der Waals surface area contributed by atoms with Gasteiger partial charge < -0.3 is 10.0 Å². The number of carboxylic acids is 1. The van der Waals surface area contributed by atoms with Gasteiger partial charge in [0, 0.05) is 18.8 Å². The number of amides is 2. The summed E-state index contributed by atoms with van der Waals surface area (Å²) in [6.45, 7) is 3.87. The number of carboxylic acid groups (broad SMARTS) is 1. The fourth-order valence-corrected chi connectivity index (χ4v) is 3.73. The van der Waals surface area contributed by atoms with E-state index in [1.165, 1.54) is 0 Å². The van der Waals surface area contributed by atoms with Crippen molar-refractivity contribution in [3.8, 4) is 0 Å². The molecule has 102 valence electrons. The van der Waals surface area contributed by atoms with Crippen LogP contribution in [0.3, 0.4) is 0 Å². The van der Waals surface area contributed by atoms with Crippen LogP contribution in [0.5, 0.6) is 0 Å². The maximum absolute atomic E-state index is 12.4. The van der Waals surface area contributed by atoms with E-state index in [1.807, 2.05) is 13.8 Å². The summed E-state index contributed by atoms with van der Waals surface area (Å²) in [5.41, 5.74) is 0. The predicted octanol–water partition coefficient (Wildman–Crippen LogP) is 1.68. The molecule has 0 radical (unpaired) electrons. The predicted molar refractivity (Wildman–Crippen MR) is 70.5 cm³/mol. The summed E-state index contributed by atoms with van der Waals surface area (Å²) in [6.07, 6.45) is 2.22. The topological polar surface area (TPSA) is 60.9 Å². The molecule has 1 heterocycles. The van der Waals surface area contributed by atoms with Crippen LogP contribution in [0, 0.1) is 5.92 Å². The lowest BCUT2D eigenvalue weighted by molar-refractivity contribution is -0.141. The standard InChI is InChI=1S/C12H20N2O3S/c1-7(2)13(3)12(17)14-9(11(15)16)6-18-10(14)8-4-5-8/h7-10H,4-6H2,1-3H3,(H,15,16). The number of urea groups is 1. The number of carbonyl (C=O) groups excluding carboxylic acids is 1. The van der Waals surface area contributed by atoms with Crippen LogP contribution in [0.1, 0.15) is 26.7 Å². The van der Waals surface area contributed by atoms with Crippen molar-refractivity contribution >= 4 is 23.8 Å². The Morgan fingerprint density at radius 3 is 2.44 bits per heavy atom. The maximum atomic E-state index is 12.4. The Morgan fingerprint density at radius 1 is 1.39 bits per heavy atom. The summed E-state index contributed by atoms with van der Waals surface area (Å²) in [4.78, 5) is 26.9. The molecule has 18 heavy (non-hydrogen) atoms. The smallest absolute Gasteiger partial charge is 0.327 e. The summed E-state index contributed by atoms with van der Waals surface area (Å²) in [5, 5.41) is 9.30.